The first-order valence-electron chi connectivity index (χ1n) is 8.91. The van der Waals surface area contributed by atoms with Crippen molar-refractivity contribution < 1.29 is 14.0 Å². The van der Waals surface area contributed by atoms with Crippen LogP contribution in [0, 0.1) is 0 Å². The third kappa shape index (κ3) is 3.65. The second-order valence-corrected chi connectivity index (χ2v) is 7.34. The standard InChI is InChI=1S/C21H21ClN2O3/c1-25-17-8-7-14(11-18(17)26-2)12-19-23-20(27-24-19)21(9-10-21)13-15-5-3-4-6-16(15)22/h3-8,11H,9-10,12-13H2,1-2H3. The van der Waals surface area contributed by atoms with Crippen molar-refractivity contribution in [2.45, 2.75) is 31.1 Å². The second kappa shape index (κ2) is 7.24. The highest BCUT2D eigenvalue weighted by atomic mass is 35.5. The molecule has 1 aliphatic carbocycles. The minimum absolute atomic E-state index is 0.0756. The predicted octanol–water partition coefficient (Wildman–Crippen LogP) is 4.61. The number of rotatable bonds is 7. The first-order chi connectivity index (χ1) is 13.1. The molecule has 1 fully saturated rings. The summed E-state index contributed by atoms with van der Waals surface area (Å²) in [5.74, 6) is 2.77. The van der Waals surface area contributed by atoms with Gasteiger partial charge in [-0.05, 0) is 48.6 Å². The summed E-state index contributed by atoms with van der Waals surface area (Å²) in [5.41, 5.74) is 2.08. The molecule has 27 heavy (non-hydrogen) atoms. The maximum atomic E-state index is 6.32. The van der Waals surface area contributed by atoms with E-state index in [1.54, 1.807) is 14.2 Å². The van der Waals surface area contributed by atoms with Gasteiger partial charge in [-0.25, -0.2) is 0 Å². The topological polar surface area (TPSA) is 57.4 Å². The first-order valence-corrected chi connectivity index (χ1v) is 9.29. The highest BCUT2D eigenvalue weighted by Gasteiger charge is 2.49. The molecular weight excluding hydrogens is 364 g/mol. The molecule has 6 heteroatoms. The Kier molecular flexibility index (Phi) is 4.79. The monoisotopic (exact) mass is 384 g/mol. The van der Waals surface area contributed by atoms with Crippen LogP contribution < -0.4 is 9.47 Å². The maximum Gasteiger partial charge on any atom is 0.233 e. The fourth-order valence-corrected chi connectivity index (χ4v) is 3.54. The van der Waals surface area contributed by atoms with Gasteiger partial charge in [-0.15, -0.1) is 0 Å². The summed E-state index contributed by atoms with van der Waals surface area (Å²) in [6.07, 6.45) is 3.48. The minimum atomic E-state index is -0.0756. The van der Waals surface area contributed by atoms with E-state index in [9.17, 15) is 0 Å². The van der Waals surface area contributed by atoms with Gasteiger partial charge in [0.2, 0.25) is 5.89 Å². The van der Waals surface area contributed by atoms with Gasteiger partial charge in [0, 0.05) is 11.4 Å². The van der Waals surface area contributed by atoms with Gasteiger partial charge in [0.05, 0.1) is 19.6 Å². The van der Waals surface area contributed by atoms with Gasteiger partial charge in [0.15, 0.2) is 17.3 Å². The Morgan fingerprint density at radius 1 is 1.07 bits per heavy atom. The summed E-state index contributed by atoms with van der Waals surface area (Å²) in [6, 6.07) is 13.7. The lowest BCUT2D eigenvalue weighted by Gasteiger charge is -2.11. The first kappa shape index (κ1) is 17.9. The zero-order valence-electron chi connectivity index (χ0n) is 15.4. The van der Waals surface area contributed by atoms with E-state index in [-0.39, 0.29) is 5.41 Å². The lowest BCUT2D eigenvalue weighted by molar-refractivity contribution is 0.340. The van der Waals surface area contributed by atoms with Gasteiger partial charge < -0.3 is 14.0 Å². The van der Waals surface area contributed by atoms with Crippen LogP contribution >= 0.6 is 11.6 Å². The zero-order chi connectivity index (χ0) is 18.9. The Labute approximate surface area is 163 Å². The van der Waals surface area contributed by atoms with E-state index in [1.807, 2.05) is 36.4 Å². The van der Waals surface area contributed by atoms with Crippen molar-refractivity contribution in [1.29, 1.82) is 0 Å². The van der Waals surface area contributed by atoms with Gasteiger partial charge in [-0.1, -0.05) is 41.0 Å². The summed E-state index contributed by atoms with van der Waals surface area (Å²) in [4.78, 5) is 4.67. The molecule has 0 atom stereocenters. The van der Waals surface area contributed by atoms with Crippen LogP contribution in [-0.4, -0.2) is 24.4 Å². The van der Waals surface area contributed by atoms with E-state index in [0.717, 1.165) is 35.4 Å². The zero-order valence-corrected chi connectivity index (χ0v) is 16.1. The molecule has 1 aromatic heterocycles. The molecule has 0 saturated heterocycles. The van der Waals surface area contributed by atoms with Gasteiger partial charge in [0.1, 0.15) is 0 Å². The van der Waals surface area contributed by atoms with Crippen molar-refractivity contribution in [2.24, 2.45) is 0 Å². The molecule has 0 bridgehead atoms. The van der Waals surface area contributed by atoms with Crippen LogP contribution in [0.15, 0.2) is 47.0 Å². The van der Waals surface area contributed by atoms with Crippen LogP contribution in [0.25, 0.3) is 0 Å². The van der Waals surface area contributed by atoms with Crippen LogP contribution in [0.2, 0.25) is 5.02 Å². The van der Waals surface area contributed by atoms with Crippen LogP contribution in [0.1, 0.15) is 35.7 Å². The predicted molar refractivity (Wildman–Crippen MR) is 103 cm³/mol. The molecule has 5 nitrogen and oxygen atoms in total. The fourth-order valence-electron chi connectivity index (χ4n) is 3.34. The molecule has 3 aromatic rings. The average Bonchev–Trinajstić information content (AvgIpc) is 3.32. The third-order valence-electron chi connectivity index (χ3n) is 5.07. The van der Waals surface area contributed by atoms with E-state index in [2.05, 4.69) is 16.2 Å². The number of nitrogens with zero attached hydrogens (tertiary/aromatic N) is 2. The molecule has 0 unspecified atom stereocenters. The van der Waals surface area contributed by atoms with E-state index in [4.69, 9.17) is 25.6 Å². The molecule has 0 N–H and O–H groups in total. The Morgan fingerprint density at radius 3 is 2.56 bits per heavy atom. The van der Waals surface area contributed by atoms with Gasteiger partial charge in [-0.3, -0.25) is 0 Å². The second-order valence-electron chi connectivity index (χ2n) is 6.93. The third-order valence-corrected chi connectivity index (χ3v) is 5.44. The van der Waals surface area contributed by atoms with Crippen molar-refractivity contribution in [3.8, 4) is 11.5 Å². The number of methoxy groups -OCH3 is 2. The van der Waals surface area contributed by atoms with Crippen molar-refractivity contribution in [3.63, 3.8) is 0 Å². The van der Waals surface area contributed by atoms with Crippen molar-refractivity contribution in [3.05, 3.63) is 70.3 Å². The van der Waals surface area contributed by atoms with Gasteiger partial charge >= 0.3 is 0 Å². The fraction of sp³-hybridized carbons (Fsp3) is 0.333. The molecule has 1 saturated carbocycles. The lowest BCUT2D eigenvalue weighted by Crippen LogP contribution is -2.11. The smallest absolute Gasteiger partial charge is 0.233 e. The molecule has 0 radical (unpaired) electrons. The highest BCUT2D eigenvalue weighted by Crippen LogP contribution is 2.50. The number of hydrogen-bond acceptors (Lipinski definition) is 5. The molecule has 1 aliphatic rings. The molecule has 4 rings (SSSR count). The van der Waals surface area contributed by atoms with Crippen LogP contribution in [-0.2, 0) is 18.3 Å². The number of aromatic nitrogens is 2. The summed E-state index contributed by atoms with van der Waals surface area (Å²) in [6.45, 7) is 0. The Bertz CT molecular complexity index is 950. The number of benzene rings is 2. The molecule has 1 heterocycles. The molecule has 140 valence electrons. The van der Waals surface area contributed by atoms with Gasteiger partial charge in [0.25, 0.3) is 0 Å². The van der Waals surface area contributed by atoms with Crippen LogP contribution in [0.3, 0.4) is 0 Å². The molecule has 0 aliphatic heterocycles. The number of hydrogen-bond donors (Lipinski definition) is 0. The summed E-state index contributed by atoms with van der Waals surface area (Å²) in [5, 5.41) is 4.97. The highest BCUT2D eigenvalue weighted by molar-refractivity contribution is 6.31. The molecule has 2 aromatic carbocycles. The lowest BCUT2D eigenvalue weighted by atomic mass is 9.96. The Hall–Kier alpha value is -2.53. The number of halogens is 1. The normalized spacial score (nSPS) is 14.8. The maximum absolute atomic E-state index is 6.32. The quantitative estimate of drug-likeness (QED) is 0.595. The largest absolute Gasteiger partial charge is 0.493 e. The van der Waals surface area contributed by atoms with Crippen LogP contribution in [0.5, 0.6) is 11.5 Å². The molecule has 0 amide bonds. The molecular formula is C21H21ClN2O3. The van der Waals surface area contributed by atoms with E-state index >= 15 is 0 Å². The van der Waals surface area contributed by atoms with Crippen molar-refractivity contribution in [1.82, 2.24) is 10.1 Å². The Balaban J connectivity index is 1.51. The average molecular weight is 385 g/mol. The summed E-state index contributed by atoms with van der Waals surface area (Å²) in [7, 11) is 3.25. The SMILES string of the molecule is COc1ccc(Cc2noc(C3(Cc4ccccc4Cl)CC3)n2)cc1OC. The minimum Gasteiger partial charge on any atom is -0.493 e. The van der Waals surface area contributed by atoms with Crippen molar-refractivity contribution in [2.75, 3.05) is 14.2 Å². The van der Waals surface area contributed by atoms with E-state index < -0.39 is 0 Å². The summed E-state index contributed by atoms with van der Waals surface area (Å²) >= 11 is 6.32. The van der Waals surface area contributed by atoms with E-state index in [1.165, 1.54) is 0 Å². The Morgan fingerprint density at radius 2 is 1.85 bits per heavy atom. The van der Waals surface area contributed by atoms with Crippen molar-refractivity contribution >= 4 is 11.6 Å². The number of ether oxygens (including phenoxy) is 2. The summed E-state index contributed by atoms with van der Waals surface area (Å²) < 4.78 is 16.3. The molecule has 0 spiro atoms. The van der Waals surface area contributed by atoms with Gasteiger partial charge in [-0.2, -0.15) is 4.98 Å². The van der Waals surface area contributed by atoms with Crippen LogP contribution in [0.4, 0.5) is 0 Å². The van der Waals surface area contributed by atoms with E-state index in [0.29, 0.717) is 29.6 Å².